The first-order valence-electron chi connectivity index (χ1n) is 10.6. The van der Waals surface area contributed by atoms with Gasteiger partial charge in [-0.1, -0.05) is 35.9 Å². The van der Waals surface area contributed by atoms with Crippen LogP contribution in [0.25, 0.3) is 21.3 Å². The Morgan fingerprint density at radius 2 is 1.69 bits per heavy atom. The van der Waals surface area contributed by atoms with Crippen molar-refractivity contribution in [1.29, 1.82) is 0 Å². The molecule has 1 atom stereocenters. The van der Waals surface area contributed by atoms with Crippen LogP contribution in [0.15, 0.2) is 46.8 Å². The number of aryl methyl sites for hydroxylation is 5. The summed E-state index contributed by atoms with van der Waals surface area (Å²) in [5, 5.41) is 5.54. The molecule has 5 nitrogen and oxygen atoms in total. The minimum atomic E-state index is -0.702. The molecule has 4 aromatic rings. The second kappa shape index (κ2) is 8.36. The number of aromatic nitrogens is 2. The van der Waals surface area contributed by atoms with Crippen LogP contribution < -0.4 is 10.9 Å². The first-order valence-corrected chi connectivity index (χ1v) is 11.5. The van der Waals surface area contributed by atoms with E-state index < -0.39 is 6.04 Å². The molecule has 1 N–H and O–H groups in total. The Labute approximate surface area is 191 Å². The van der Waals surface area contributed by atoms with Gasteiger partial charge in [-0.3, -0.25) is 14.2 Å². The van der Waals surface area contributed by atoms with Gasteiger partial charge in [-0.25, -0.2) is 4.98 Å². The number of anilines is 1. The second-order valence-corrected chi connectivity index (χ2v) is 9.38. The molecule has 6 heteroatoms. The molecular weight excluding hydrogens is 418 g/mol. The molecule has 0 aliphatic carbocycles. The SMILES string of the molecule is Cc1cc(C)c(NC(=O)C(C)n2cnc3scc(-c4ccc(C)c(C)c4)c3c2=O)c(C)c1. The predicted octanol–water partition coefficient (Wildman–Crippen LogP) is 5.87. The normalized spacial score (nSPS) is 12.2. The topological polar surface area (TPSA) is 64.0 Å². The van der Waals surface area contributed by atoms with Crippen LogP contribution in [-0.4, -0.2) is 15.5 Å². The lowest BCUT2D eigenvalue weighted by Crippen LogP contribution is -2.32. The third-order valence-corrected chi connectivity index (χ3v) is 6.95. The van der Waals surface area contributed by atoms with Crippen LogP contribution in [0.2, 0.25) is 0 Å². The van der Waals surface area contributed by atoms with Gasteiger partial charge in [-0.05, 0) is 69.4 Å². The van der Waals surface area contributed by atoms with Crippen molar-refractivity contribution in [3.05, 3.63) is 80.2 Å². The van der Waals surface area contributed by atoms with Crippen molar-refractivity contribution in [2.45, 2.75) is 47.6 Å². The second-order valence-electron chi connectivity index (χ2n) is 8.52. The van der Waals surface area contributed by atoms with E-state index in [0.29, 0.717) is 10.2 Å². The summed E-state index contributed by atoms with van der Waals surface area (Å²) in [6.07, 6.45) is 1.48. The average molecular weight is 446 g/mol. The lowest BCUT2D eigenvalue weighted by atomic mass is 10.0. The summed E-state index contributed by atoms with van der Waals surface area (Å²) < 4.78 is 1.42. The van der Waals surface area contributed by atoms with E-state index in [2.05, 4.69) is 36.3 Å². The number of amides is 1. The number of nitrogens with one attached hydrogen (secondary N) is 1. The van der Waals surface area contributed by atoms with Gasteiger partial charge in [-0.15, -0.1) is 11.3 Å². The number of nitrogens with zero attached hydrogens (tertiary/aromatic N) is 2. The Morgan fingerprint density at radius 3 is 2.34 bits per heavy atom. The number of rotatable bonds is 4. The smallest absolute Gasteiger partial charge is 0.263 e. The molecule has 0 saturated heterocycles. The zero-order valence-corrected chi connectivity index (χ0v) is 20.1. The maximum absolute atomic E-state index is 13.5. The molecule has 0 radical (unpaired) electrons. The van der Waals surface area contributed by atoms with Crippen LogP contribution in [0.1, 0.15) is 40.8 Å². The zero-order chi connectivity index (χ0) is 23.2. The fourth-order valence-electron chi connectivity index (χ4n) is 4.07. The maximum Gasteiger partial charge on any atom is 0.263 e. The van der Waals surface area contributed by atoms with Crippen molar-refractivity contribution in [2.75, 3.05) is 5.32 Å². The summed E-state index contributed by atoms with van der Waals surface area (Å²) in [6.45, 7) is 11.8. The molecule has 4 rings (SSSR count). The van der Waals surface area contributed by atoms with E-state index >= 15 is 0 Å². The molecule has 164 valence electrons. The molecule has 32 heavy (non-hydrogen) atoms. The molecule has 0 fully saturated rings. The van der Waals surface area contributed by atoms with E-state index in [1.54, 1.807) is 6.92 Å². The van der Waals surface area contributed by atoms with Crippen LogP contribution in [0.5, 0.6) is 0 Å². The number of carbonyl (C=O) groups excluding carboxylic acids is 1. The van der Waals surface area contributed by atoms with E-state index in [4.69, 9.17) is 0 Å². The Morgan fingerprint density at radius 1 is 1.00 bits per heavy atom. The number of hydrogen-bond acceptors (Lipinski definition) is 4. The first-order chi connectivity index (χ1) is 15.2. The minimum absolute atomic E-state index is 0.204. The Balaban J connectivity index is 1.73. The fraction of sp³-hybridized carbons (Fsp3) is 0.269. The van der Waals surface area contributed by atoms with Gasteiger partial charge >= 0.3 is 0 Å². The van der Waals surface area contributed by atoms with Crippen LogP contribution in [0, 0.1) is 34.6 Å². The van der Waals surface area contributed by atoms with E-state index in [-0.39, 0.29) is 11.5 Å². The molecule has 0 aliphatic heterocycles. The van der Waals surface area contributed by atoms with Crippen molar-refractivity contribution in [3.8, 4) is 11.1 Å². The molecule has 0 spiro atoms. The van der Waals surface area contributed by atoms with Crippen molar-refractivity contribution in [2.24, 2.45) is 0 Å². The molecule has 2 aromatic heterocycles. The number of thiophene rings is 1. The monoisotopic (exact) mass is 445 g/mol. The summed E-state index contributed by atoms with van der Waals surface area (Å²) in [5.74, 6) is -0.244. The highest BCUT2D eigenvalue weighted by Gasteiger charge is 2.21. The molecule has 2 heterocycles. The van der Waals surface area contributed by atoms with E-state index in [1.165, 1.54) is 33.4 Å². The Bertz CT molecular complexity index is 1390. The molecule has 0 bridgehead atoms. The van der Waals surface area contributed by atoms with Crippen molar-refractivity contribution in [3.63, 3.8) is 0 Å². The number of carbonyl (C=O) groups is 1. The first kappa shape index (κ1) is 22.0. The summed E-state index contributed by atoms with van der Waals surface area (Å²) in [7, 11) is 0. The van der Waals surface area contributed by atoms with Gasteiger partial charge in [0.1, 0.15) is 10.9 Å². The standard InChI is InChI=1S/C26H27N3O2S/c1-14-9-17(4)23(18(5)10-14)28-24(30)19(6)29-13-27-25-22(26(29)31)21(12-32-25)20-8-7-15(2)16(3)11-20/h7-13,19H,1-6H3,(H,28,30). The van der Waals surface area contributed by atoms with Crippen LogP contribution in [0.3, 0.4) is 0 Å². The summed E-state index contributed by atoms with van der Waals surface area (Å²) >= 11 is 1.44. The largest absolute Gasteiger partial charge is 0.324 e. The van der Waals surface area contributed by atoms with Gasteiger partial charge in [0.2, 0.25) is 5.91 Å². The lowest BCUT2D eigenvalue weighted by Gasteiger charge is -2.18. The highest BCUT2D eigenvalue weighted by atomic mass is 32.1. The summed E-state index contributed by atoms with van der Waals surface area (Å²) in [6, 6.07) is 9.55. The van der Waals surface area contributed by atoms with Gasteiger partial charge in [-0.2, -0.15) is 0 Å². The number of benzene rings is 2. The Hall–Kier alpha value is -3.25. The zero-order valence-electron chi connectivity index (χ0n) is 19.2. The van der Waals surface area contributed by atoms with Crippen molar-refractivity contribution < 1.29 is 4.79 Å². The molecule has 0 saturated carbocycles. The number of fused-ring (bicyclic) bond motifs is 1. The van der Waals surface area contributed by atoms with Gasteiger partial charge in [0.25, 0.3) is 5.56 Å². The van der Waals surface area contributed by atoms with Crippen LogP contribution in [0.4, 0.5) is 5.69 Å². The summed E-state index contributed by atoms with van der Waals surface area (Å²) in [4.78, 5) is 31.7. The number of hydrogen-bond donors (Lipinski definition) is 1. The quantitative estimate of drug-likeness (QED) is 0.427. The maximum atomic E-state index is 13.5. The molecule has 2 aromatic carbocycles. The molecule has 0 aliphatic rings. The van der Waals surface area contributed by atoms with Crippen molar-refractivity contribution in [1.82, 2.24) is 9.55 Å². The van der Waals surface area contributed by atoms with Crippen molar-refractivity contribution >= 4 is 33.1 Å². The molecule has 1 amide bonds. The highest BCUT2D eigenvalue weighted by molar-refractivity contribution is 7.17. The van der Waals surface area contributed by atoms with E-state index in [9.17, 15) is 9.59 Å². The Kier molecular flexibility index (Phi) is 5.73. The highest BCUT2D eigenvalue weighted by Crippen LogP contribution is 2.32. The van der Waals surface area contributed by atoms with E-state index in [0.717, 1.165) is 33.5 Å². The molecule has 1 unspecified atom stereocenters. The predicted molar refractivity (Wildman–Crippen MR) is 133 cm³/mol. The van der Waals surface area contributed by atoms with Crippen LogP contribution in [-0.2, 0) is 4.79 Å². The van der Waals surface area contributed by atoms with Crippen LogP contribution >= 0.6 is 11.3 Å². The van der Waals surface area contributed by atoms with Gasteiger partial charge in [0, 0.05) is 16.6 Å². The third kappa shape index (κ3) is 3.86. The lowest BCUT2D eigenvalue weighted by molar-refractivity contribution is -0.118. The average Bonchev–Trinajstić information content (AvgIpc) is 3.17. The minimum Gasteiger partial charge on any atom is -0.324 e. The molecular formula is C26H27N3O2S. The third-order valence-electron chi connectivity index (χ3n) is 6.06. The van der Waals surface area contributed by atoms with Gasteiger partial charge in [0.15, 0.2) is 0 Å². The van der Waals surface area contributed by atoms with Gasteiger partial charge < -0.3 is 5.32 Å². The fourth-order valence-corrected chi connectivity index (χ4v) is 4.98. The van der Waals surface area contributed by atoms with E-state index in [1.807, 2.05) is 44.4 Å². The summed E-state index contributed by atoms with van der Waals surface area (Å²) in [5.41, 5.74) is 7.95. The van der Waals surface area contributed by atoms with Gasteiger partial charge in [0.05, 0.1) is 11.7 Å².